The average Bonchev–Trinajstić information content (AvgIpc) is 3.04. The average molecular weight is 396 g/mol. The quantitative estimate of drug-likeness (QED) is 0.567. The zero-order valence-electron chi connectivity index (χ0n) is 16.6. The van der Waals surface area contributed by atoms with E-state index in [1.54, 1.807) is 16.2 Å². The van der Waals surface area contributed by atoms with Crippen LogP contribution in [-0.2, 0) is 22.4 Å². The lowest BCUT2D eigenvalue weighted by atomic mass is 9.95. The molecule has 7 heteroatoms. The lowest BCUT2D eigenvalue weighted by molar-refractivity contribution is -1.01. The van der Waals surface area contributed by atoms with E-state index in [9.17, 15) is 9.59 Å². The highest BCUT2D eigenvalue weighted by Gasteiger charge is 2.28. The van der Waals surface area contributed by atoms with Gasteiger partial charge in [-0.25, -0.2) is 4.79 Å². The number of esters is 1. The predicted molar refractivity (Wildman–Crippen MR) is 107 cm³/mol. The summed E-state index contributed by atoms with van der Waals surface area (Å²) in [5, 5.41) is 3.72. The Balaban J connectivity index is 1.60. The van der Waals surface area contributed by atoms with Crippen molar-refractivity contribution in [1.82, 2.24) is 0 Å². The molecule has 150 valence electrons. The molecular weight excluding hydrogens is 362 g/mol. The highest BCUT2D eigenvalue weighted by Crippen LogP contribution is 2.38. The Morgan fingerprint density at radius 3 is 2.48 bits per heavy atom. The summed E-state index contributed by atoms with van der Waals surface area (Å²) in [6, 6.07) is 0. The Morgan fingerprint density at radius 2 is 1.78 bits per heavy atom. The van der Waals surface area contributed by atoms with E-state index in [4.69, 9.17) is 4.74 Å². The van der Waals surface area contributed by atoms with Gasteiger partial charge in [-0.05, 0) is 45.1 Å². The Morgan fingerprint density at radius 1 is 1.07 bits per heavy atom. The topological polar surface area (TPSA) is 64.3 Å². The fourth-order valence-electron chi connectivity index (χ4n) is 4.11. The van der Waals surface area contributed by atoms with E-state index in [1.807, 2.05) is 6.92 Å². The molecule has 2 aliphatic rings. The highest BCUT2D eigenvalue weighted by molar-refractivity contribution is 7.17. The molecule has 1 amide bonds. The molecule has 0 radical (unpaired) electrons. The zero-order chi connectivity index (χ0) is 19.2. The van der Waals surface area contributed by atoms with Crippen LogP contribution in [0.25, 0.3) is 0 Å². The third-order valence-electron chi connectivity index (χ3n) is 5.77. The fraction of sp³-hybridized carbons (Fsp3) is 0.700. The van der Waals surface area contributed by atoms with E-state index in [-0.39, 0.29) is 11.9 Å². The number of ether oxygens (including phenoxy) is 1. The molecule has 1 saturated heterocycles. The largest absolute Gasteiger partial charge is 0.462 e. The number of likely N-dealkylation sites (N-methyl/N-ethyl adjacent to an activating group) is 1. The minimum absolute atomic E-state index is 0.0110. The minimum Gasteiger partial charge on any atom is -0.462 e. The van der Waals surface area contributed by atoms with Crippen molar-refractivity contribution in [2.75, 3.05) is 51.2 Å². The van der Waals surface area contributed by atoms with Crippen LogP contribution in [0.2, 0.25) is 0 Å². The highest BCUT2D eigenvalue weighted by atomic mass is 32.1. The van der Waals surface area contributed by atoms with Crippen LogP contribution >= 0.6 is 11.3 Å². The fourth-order valence-corrected chi connectivity index (χ4v) is 5.41. The smallest absolute Gasteiger partial charge is 0.341 e. The van der Waals surface area contributed by atoms with Crippen LogP contribution < -0.4 is 15.1 Å². The third kappa shape index (κ3) is 5.09. The minimum atomic E-state index is -0.295. The number of thiophene rings is 1. The van der Waals surface area contributed by atoms with Gasteiger partial charge in [-0.3, -0.25) is 4.79 Å². The Hall–Kier alpha value is -1.44. The van der Waals surface area contributed by atoms with Gasteiger partial charge >= 0.3 is 5.97 Å². The molecule has 1 aromatic heterocycles. The summed E-state index contributed by atoms with van der Waals surface area (Å²) in [6.07, 6.45) is 4.65. The van der Waals surface area contributed by atoms with Crippen LogP contribution in [0.5, 0.6) is 0 Å². The number of anilines is 1. The molecule has 3 N–H and O–H groups in total. The van der Waals surface area contributed by atoms with E-state index in [0.29, 0.717) is 23.6 Å². The number of quaternary nitrogens is 2. The SMILES string of the molecule is CCOC(=O)c1c(NC(=O)CC[NH+]2CC[NH+](CC)CC2)sc2c1CCCC2. The van der Waals surface area contributed by atoms with Crippen LogP contribution in [0.3, 0.4) is 0 Å². The maximum absolute atomic E-state index is 12.5. The number of rotatable bonds is 7. The van der Waals surface area contributed by atoms with E-state index < -0.39 is 0 Å². The monoisotopic (exact) mass is 395 g/mol. The summed E-state index contributed by atoms with van der Waals surface area (Å²) in [5.41, 5.74) is 1.71. The van der Waals surface area contributed by atoms with Gasteiger partial charge in [0.2, 0.25) is 5.91 Å². The van der Waals surface area contributed by atoms with Gasteiger partial charge in [-0.2, -0.15) is 0 Å². The van der Waals surface area contributed by atoms with Gasteiger partial charge in [0.05, 0.1) is 31.7 Å². The van der Waals surface area contributed by atoms with Crippen LogP contribution in [0.4, 0.5) is 5.00 Å². The summed E-state index contributed by atoms with van der Waals surface area (Å²) in [6.45, 7) is 11.1. The molecule has 0 atom stereocenters. The molecule has 1 aliphatic carbocycles. The number of aryl methyl sites for hydroxylation is 1. The number of hydrogen-bond acceptors (Lipinski definition) is 4. The first-order chi connectivity index (χ1) is 13.1. The maximum atomic E-state index is 12.5. The van der Waals surface area contributed by atoms with Gasteiger partial charge in [0.15, 0.2) is 0 Å². The molecule has 0 bridgehead atoms. The molecule has 2 heterocycles. The summed E-state index contributed by atoms with van der Waals surface area (Å²) in [5.74, 6) is -0.284. The molecule has 0 unspecified atom stereocenters. The molecular formula is C20H33N3O3S+2. The first-order valence-corrected chi connectivity index (χ1v) is 11.2. The molecule has 1 fully saturated rings. The van der Waals surface area contributed by atoms with Crippen LogP contribution in [0.1, 0.15) is 53.9 Å². The van der Waals surface area contributed by atoms with Crippen molar-refractivity contribution in [3.63, 3.8) is 0 Å². The molecule has 0 saturated carbocycles. The van der Waals surface area contributed by atoms with Gasteiger partial charge in [0.25, 0.3) is 0 Å². The van der Waals surface area contributed by atoms with Crippen LogP contribution in [0, 0.1) is 0 Å². The molecule has 27 heavy (non-hydrogen) atoms. The normalized spacial score (nSPS) is 22.1. The first-order valence-electron chi connectivity index (χ1n) is 10.4. The lowest BCUT2D eigenvalue weighted by Crippen LogP contribution is -3.28. The molecule has 3 rings (SSSR count). The number of hydrogen-bond donors (Lipinski definition) is 3. The molecule has 6 nitrogen and oxygen atoms in total. The Labute approximate surface area is 165 Å². The van der Waals surface area contributed by atoms with Gasteiger partial charge in [-0.1, -0.05) is 0 Å². The number of carbonyl (C=O) groups is 2. The van der Waals surface area contributed by atoms with E-state index in [1.165, 1.54) is 29.4 Å². The van der Waals surface area contributed by atoms with Gasteiger partial charge in [0.1, 0.15) is 31.2 Å². The standard InChI is InChI=1S/C20H31N3O3S/c1-3-22-11-13-23(14-12-22)10-9-17(24)21-19-18(20(25)26-4-2)15-7-5-6-8-16(15)27-19/h3-14H2,1-2H3,(H,21,24)/p+2. The van der Waals surface area contributed by atoms with Crippen molar-refractivity contribution in [2.24, 2.45) is 0 Å². The van der Waals surface area contributed by atoms with Crippen molar-refractivity contribution in [1.29, 1.82) is 0 Å². The number of amides is 1. The Kier molecular flexibility index (Phi) is 7.26. The summed E-state index contributed by atoms with van der Waals surface area (Å²) < 4.78 is 5.26. The van der Waals surface area contributed by atoms with Crippen molar-refractivity contribution in [3.05, 3.63) is 16.0 Å². The van der Waals surface area contributed by atoms with E-state index in [2.05, 4.69) is 12.2 Å². The van der Waals surface area contributed by atoms with Crippen molar-refractivity contribution < 1.29 is 24.1 Å². The molecule has 1 aromatic rings. The summed E-state index contributed by atoms with van der Waals surface area (Å²) >= 11 is 1.57. The van der Waals surface area contributed by atoms with Crippen molar-refractivity contribution in [2.45, 2.75) is 46.0 Å². The third-order valence-corrected chi connectivity index (χ3v) is 6.98. The van der Waals surface area contributed by atoms with E-state index >= 15 is 0 Å². The first kappa shape index (κ1) is 20.3. The van der Waals surface area contributed by atoms with Gasteiger partial charge < -0.3 is 19.9 Å². The van der Waals surface area contributed by atoms with Crippen molar-refractivity contribution in [3.8, 4) is 0 Å². The predicted octanol–water partition coefficient (Wildman–Crippen LogP) is -0.0645. The van der Waals surface area contributed by atoms with Crippen molar-refractivity contribution >= 4 is 28.2 Å². The summed E-state index contributed by atoms with van der Waals surface area (Å²) in [4.78, 5) is 29.4. The summed E-state index contributed by atoms with van der Waals surface area (Å²) in [7, 11) is 0. The zero-order valence-corrected chi connectivity index (χ0v) is 17.4. The number of fused-ring (bicyclic) bond motifs is 1. The van der Waals surface area contributed by atoms with Crippen LogP contribution in [0.15, 0.2) is 0 Å². The lowest BCUT2D eigenvalue weighted by Gasteiger charge is -2.28. The second-order valence-electron chi connectivity index (χ2n) is 7.54. The Bertz CT molecular complexity index is 666. The molecule has 1 aliphatic heterocycles. The molecule has 0 aromatic carbocycles. The second kappa shape index (κ2) is 9.66. The second-order valence-corrected chi connectivity index (χ2v) is 8.64. The molecule has 0 spiro atoms. The maximum Gasteiger partial charge on any atom is 0.341 e. The number of nitrogens with one attached hydrogen (secondary N) is 3. The van der Waals surface area contributed by atoms with Crippen LogP contribution in [-0.4, -0.2) is 57.8 Å². The van der Waals surface area contributed by atoms with E-state index in [0.717, 1.165) is 50.9 Å². The van der Waals surface area contributed by atoms with Gasteiger partial charge in [0, 0.05) is 4.88 Å². The number of carbonyl (C=O) groups excluding carboxylic acids is 2. The van der Waals surface area contributed by atoms with Gasteiger partial charge in [-0.15, -0.1) is 11.3 Å². The number of piperazine rings is 1.